The number of nitrogens with zero attached hydrogens (tertiary/aromatic N) is 1. The molecule has 6 aromatic rings. The molecule has 0 saturated heterocycles. The van der Waals surface area contributed by atoms with E-state index in [1.165, 1.54) is 19.2 Å². The molecule has 0 spiro atoms. The van der Waals surface area contributed by atoms with Gasteiger partial charge < -0.3 is 14.3 Å². The third-order valence-corrected chi connectivity index (χ3v) is 9.49. The number of methoxy groups -OCH3 is 1. The van der Waals surface area contributed by atoms with Gasteiger partial charge in [-0.15, -0.1) is 0 Å². The van der Waals surface area contributed by atoms with Crippen LogP contribution in [0.25, 0.3) is 33.2 Å². The maximum Gasteiger partial charge on any atom is 0.318 e. The van der Waals surface area contributed by atoms with Gasteiger partial charge in [0.25, 0.3) is 0 Å². The van der Waals surface area contributed by atoms with E-state index >= 15 is 0 Å². The third-order valence-electron chi connectivity index (χ3n) is 7.68. The number of ether oxygens (including phenoxy) is 1. The zero-order valence-corrected chi connectivity index (χ0v) is 25.4. The first-order valence-electron chi connectivity index (χ1n) is 14.4. The second kappa shape index (κ2) is 12.8. The van der Waals surface area contributed by atoms with Crippen LogP contribution in [0.2, 0.25) is 0 Å². The van der Waals surface area contributed by atoms with Crippen molar-refractivity contribution in [3.63, 3.8) is 0 Å². The number of rotatable bonds is 11. The average Bonchev–Trinajstić information content (AvgIpc) is 3.42. The van der Waals surface area contributed by atoms with Crippen molar-refractivity contribution < 1.29 is 27.5 Å². The molecule has 0 aliphatic rings. The monoisotopic (exact) mass is 617 g/mol. The van der Waals surface area contributed by atoms with Gasteiger partial charge in [0.05, 0.1) is 12.0 Å². The zero-order valence-electron chi connectivity index (χ0n) is 24.6. The van der Waals surface area contributed by atoms with E-state index in [1.807, 2.05) is 48.5 Å². The van der Waals surface area contributed by atoms with E-state index in [1.54, 1.807) is 36.4 Å². The Balaban J connectivity index is 1.26. The first-order chi connectivity index (χ1) is 21.8. The van der Waals surface area contributed by atoms with Gasteiger partial charge in [-0.25, -0.2) is 8.42 Å². The highest BCUT2D eigenvalue weighted by Crippen LogP contribution is 2.37. The summed E-state index contributed by atoms with van der Waals surface area (Å²) < 4.78 is 39.6. The predicted molar refractivity (Wildman–Crippen MR) is 175 cm³/mol. The molecule has 0 amide bonds. The van der Waals surface area contributed by atoms with Crippen molar-refractivity contribution >= 4 is 27.0 Å². The number of hydrogen-bond acceptors (Lipinski definition) is 5. The molecule has 0 aliphatic carbocycles. The molecule has 0 bridgehead atoms. The normalized spacial score (nSPS) is 11.6. The van der Waals surface area contributed by atoms with Crippen molar-refractivity contribution in [1.29, 1.82) is 0 Å². The Hall–Kier alpha value is -5.18. The van der Waals surface area contributed by atoms with Gasteiger partial charge in [0.15, 0.2) is 0 Å². The summed E-state index contributed by atoms with van der Waals surface area (Å²) in [7, 11) is -2.58. The fourth-order valence-corrected chi connectivity index (χ4v) is 6.84. The lowest BCUT2D eigenvalue weighted by Crippen LogP contribution is -2.35. The maximum atomic E-state index is 13.5. The first-order valence-corrected chi connectivity index (χ1v) is 15.9. The Bertz CT molecular complexity index is 2050. The molecule has 7 nitrogen and oxygen atoms in total. The van der Waals surface area contributed by atoms with Gasteiger partial charge in [-0.3, -0.25) is 4.79 Å². The predicted octanol–water partition coefficient (Wildman–Crippen LogP) is 7.64. The zero-order chi connectivity index (χ0) is 31.4. The van der Waals surface area contributed by atoms with Gasteiger partial charge >= 0.3 is 5.97 Å². The molecule has 45 heavy (non-hydrogen) atoms. The van der Waals surface area contributed by atoms with E-state index in [-0.39, 0.29) is 11.4 Å². The summed E-state index contributed by atoms with van der Waals surface area (Å²) in [5.41, 5.74) is 6.44. The number of carboxylic acids is 1. The van der Waals surface area contributed by atoms with Crippen LogP contribution < -0.4 is 4.74 Å². The van der Waals surface area contributed by atoms with Gasteiger partial charge in [-0.2, -0.15) is 4.31 Å². The van der Waals surface area contributed by atoms with Crippen LogP contribution >= 0.6 is 0 Å². The lowest BCUT2D eigenvalue weighted by atomic mass is 9.96. The Labute approximate surface area is 262 Å². The standard InChI is InChI=1S/C37H31NO6S/c1-43-31-11-7-10-27(22-31)24-38(25-36(39)40)45(41,42)32-20-18-29(19-21-32)28-14-16-30(17-15-28)37-33-12-5-6-13-34(33)44-35(37)23-26-8-3-2-4-9-26/h2-22H,23-25H2,1H3,(H,39,40). The molecule has 6 rings (SSSR count). The molecule has 1 heterocycles. The fraction of sp³-hybridized carbons (Fsp3) is 0.108. The highest BCUT2D eigenvalue weighted by atomic mass is 32.2. The van der Waals surface area contributed by atoms with Crippen LogP contribution in [-0.4, -0.2) is 37.5 Å². The molecule has 0 fully saturated rings. The van der Waals surface area contributed by atoms with Crippen molar-refractivity contribution in [2.75, 3.05) is 13.7 Å². The fourth-order valence-electron chi connectivity index (χ4n) is 5.47. The maximum absolute atomic E-state index is 13.5. The van der Waals surface area contributed by atoms with Gasteiger partial charge in [-0.05, 0) is 58.1 Å². The van der Waals surface area contributed by atoms with E-state index < -0.39 is 22.5 Å². The van der Waals surface area contributed by atoms with E-state index in [2.05, 4.69) is 30.3 Å². The molecule has 0 saturated carbocycles. The van der Waals surface area contributed by atoms with Crippen LogP contribution in [0.15, 0.2) is 137 Å². The highest BCUT2D eigenvalue weighted by molar-refractivity contribution is 7.89. The molecular formula is C37H31NO6S. The first kappa shape index (κ1) is 29.9. The number of aliphatic carboxylic acids is 1. The Morgan fingerprint density at radius 2 is 1.38 bits per heavy atom. The molecule has 0 radical (unpaired) electrons. The Kier molecular flexibility index (Phi) is 8.51. The molecule has 1 N–H and O–H groups in total. The van der Waals surface area contributed by atoms with E-state index in [0.717, 1.165) is 48.9 Å². The SMILES string of the molecule is COc1cccc(CN(CC(=O)O)S(=O)(=O)c2ccc(-c3ccc(-c4c(Cc5ccccc5)oc5ccccc45)cc3)cc2)c1. The number of hydrogen-bond donors (Lipinski definition) is 1. The summed E-state index contributed by atoms with van der Waals surface area (Å²) in [6.07, 6.45) is 0.666. The lowest BCUT2D eigenvalue weighted by molar-refractivity contribution is -0.137. The molecule has 5 aromatic carbocycles. The Morgan fingerprint density at radius 1 is 0.756 bits per heavy atom. The van der Waals surface area contributed by atoms with Crippen molar-refractivity contribution in [2.24, 2.45) is 0 Å². The molecule has 0 aliphatic heterocycles. The van der Waals surface area contributed by atoms with Crippen molar-refractivity contribution in [2.45, 2.75) is 17.9 Å². The second-order valence-corrected chi connectivity index (χ2v) is 12.6. The van der Waals surface area contributed by atoms with Gasteiger partial charge in [-0.1, -0.05) is 97.1 Å². The van der Waals surface area contributed by atoms with Gasteiger partial charge in [0.2, 0.25) is 10.0 Å². The highest BCUT2D eigenvalue weighted by Gasteiger charge is 2.27. The largest absolute Gasteiger partial charge is 0.497 e. The number of benzene rings is 5. The minimum Gasteiger partial charge on any atom is -0.497 e. The number of para-hydroxylation sites is 1. The number of furan rings is 1. The van der Waals surface area contributed by atoms with Crippen LogP contribution in [0, 0.1) is 0 Å². The van der Waals surface area contributed by atoms with Crippen LogP contribution in [0.3, 0.4) is 0 Å². The minimum absolute atomic E-state index is 0.0161. The van der Waals surface area contributed by atoms with Gasteiger partial charge in [0, 0.05) is 23.9 Å². The van der Waals surface area contributed by atoms with Crippen molar-refractivity contribution in [1.82, 2.24) is 4.31 Å². The summed E-state index contributed by atoms with van der Waals surface area (Å²) in [6.45, 7) is -0.776. The van der Waals surface area contributed by atoms with Crippen LogP contribution in [-0.2, 0) is 27.8 Å². The topological polar surface area (TPSA) is 97.0 Å². The second-order valence-electron chi connectivity index (χ2n) is 10.7. The van der Waals surface area contributed by atoms with E-state index in [9.17, 15) is 18.3 Å². The summed E-state index contributed by atoms with van der Waals surface area (Å²) >= 11 is 0. The molecule has 1 aromatic heterocycles. The lowest BCUT2D eigenvalue weighted by Gasteiger charge is -2.21. The van der Waals surface area contributed by atoms with Crippen molar-refractivity contribution in [3.05, 3.63) is 144 Å². The number of carbonyl (C=O) groups is 1. The van der Waals surface area contributed by atoms with E-state index in [0.29, 0.717) is 17.7 Å². The average molecular weight is 618 g/mol. The molecule has 0 atom stereocenters. The summed E-state index contributed by atoms with van der Waals surface area (Å²) in [5, 5.41) is 10.5. The van der Waals surface area contributed by atoms with Gasteiger partial charge in [0.1, 0.15) is 23.6 Å². The summed E-state index contributed by atoms with van der Waals surface area (Å²) in [4.78, 5) is 11.6. The molecular weight excluding hydrogens is 586 g/mol. The quantitative estimate of drug-likeness (QED) is 0.161. The van der Waals surface area contributed by atoms with Crippen LogP contribution in [0.1, 0.15) is 16.9 Å². The van der Waals surface area contributed by atoms with E-state index in [4.69, 9.17) is 9.15 Å². The van der Waals surface area contributed by atoms with Crippen LogP contribution in [0.5, 0.6) is 5.75 Å². The molecule has 0 unspecified atom stereocenters. The third kappa shape index (κ3) is 6.52. The minimum atomic E-state index is -4.10. The molecule has 226 valence electrons. The molecule has 8 heteroatoms. The Morgan fingerprint density at radius 3 is 2.07 bits per heavy atom. The van der Waals surface area contributed by atoms with Crippen LogP contribution in [0.4, 0.5) is 0 Å². The number of sulfonamides is 1. The summed E-state index contributed by atoms with van der Waals surface area (Å²) in [6, 6.07) is 39.7. The smallest absolute Gasteiger partial charge is 0.318 e. The summed E-state index contributed by atoms with van der Waals surface area (Å²) in [5.74, 6) is 0.212. The number of carboxylic acid groups (broad SMARTS) is 1. The van der Waals surface area contributed by atoms with Crippen molar-refractivity contribution in [3.8, 4) is 28.0 Å². The number of fused-ring (bicyclic) bond motifs is 1.